The van der Waals surface area contributed by atoms with Crippen LogP contribution < -0.4 is 4.74 Å². The van der Waals surface area contributed by atoms with Crippen LogP contribution in [-0.2, 0) is 6.61 Å². The molecule has 0 aliphatic carbocycles. The Bertz CT molecular complexity index is 570. The molecule has 4 heteroatoms. The van der Waals surface area contributed by atoms with E-state index in [0.717, 1.165) is 0 Å². The van der Waals surface area contributed by atoms with Gasteiger partial charge in [-0.15, -0.1) is 0 Å². The quantitative estimate of drug-likeness (QED) is 0.804. The van der Waals surface area contributed by atoms with Crippen molar-refractivity contribution in [2.24, 2.45) is 0 Å². The molecule has 2 aromatic rings. The summed E-state index contributed by atoms with van der Waals surface area (Å²) in [6, 6.07) is 9.56. The zero-order valence-electron chi connectivity index (χ0n) is 9.71. The molecule has 0 aliphatic heterocycles. The molecule has 2 aromatic carbocycles. The maximum atomic E-state index is 13.6. The van der Waals surface area contributed by atoms with Gasteiger partial charge < -0.3 is 4.74 Å². The molecule has 0 heterocycles. The summed E-state index contributed by atoms with van der Waals surface area (Å²) in [5.74, 6) is -0.648. The van der Waals surface area contributed by atoms with E-state index in [1.807, 2.05) is 0 Å². The van der Waals surface area contributed by atoms with Gasteiger partial charge in [-0.1, -0.05) is 34.1 Å². The lowest BCUT2D eigenvalue weighted by Crippen LogP contribution is -2.00. The predicted molar refractivity (Wildman–Crippen MR) is 69.6 cm³/mol. The molecule has 0 saturated carbocycles. The molecule has 2 rings (SSSR count). The smallest absolute Gasteiger partial charge is 0.167 e. The second-order valence-electron chi connectivity index (χ2n) is 3.91. The average Bonchev–Trinajstić information content (AvgIpc) is 2.33. The average molecular weight is 313 g/mol. The zero-order valence-corrected chi connectivity index (χ0v) is 11.3. The van der Waals surface area contributed by atoms with Gasteiger partial charge in [-0.3, -0.25) is 0 Å². The molecule has 0 N–H and O–H groups in total. The lowest BCUT2D eigenvalue weighted by atomic mass is 10.2. The second-order valence-corrected chi connectivity index (χ2v) is 4.83. The lowest BCUT2D eigenvalue weighted by molar-refractivity contribution is 0.284. The molecular weight excluding hydrogens is 302 g/mol. The largest absolute Gasteiger partial charge is 0.486 e. The van der Waals surface area contributed by atoms with Gasteiger partial charge in [0.25, 0.3) is 0 Å². The Morgan fingerprint density at radius 3 is 2.67 bits per heavy atom. The fourth-order valence-corrected chi connectivity index (χ4v) is 1.86. The zero-order chi connectivity index (χ0) is 13.1. The first-order valence-electron chi connectivity index (χ1n) is 5.40. The predicted octanol–water partition coefficient (Wildman–Crippen LogP) is 4.61. The Balaban J connectivity index is 2.14. The molecule has 0 saturated heterocycles. The van der Waals surface area contributed by atoms with Crippen molar-refractivity contribution >= 4 is 15.9 Å². The summed E-state index contributed by atoms with van der Waals surface area (Å²) in [7, 11) is 0. The maximum absolute atomic E-state index is 13.6. The number of benzene rings is 2. The molecule has 0 fully saturated rings. The van der Waals surface area contributed by atoms with E-state index in [2.05, 4.69) is 15.9 Å². The number of aryl methyl sites for hydroxylation is 1. The van der Waals surface area contributed by atoms with Crippen molar-refractivity contribution in [2.45, 2.75) is 13.5 Å². The summed E-state index contributed by atoms with van der Waals surface area (Å²) in [6.45, 7) is 1.65. The van der Waals surface area contributed by atoms with Crippen molar-refractivity contribution in [1.29, 1.82) is 0 Å². The van der Waals surface area contributed by atoms with Gasteiger partial charge in [0.15, 0.2) is 11.6 Å². The Kier molecular flexibility index (Phi) is 3.97. The summed E-state index contributed by atoms with van der Waals surface area (Å²) in [5, 5.41) is 0. The monoisotopic (exact) mass is 312 g/mol. The highest BCUT2D eigenvalue weighted by Crippen LogP contribution is 2.22. The van der Waals surface area contributed by atoms with Gasteiger partial charge in [0.1, 0.15) is 12.4 Å². The first-order chi connectivity index (χ1) is 8.58. The van der Waals surface area contributed by atoms with Gasteiger partial charge in [0.2, 0.25) is 0 Å². The van der Waals surface area contributed by atoms with Gasteiger partial charge in [-0.05, 0) is 30.7 Å². The molecule has 1 nitrogen and oxygen atoms in total. The van der Waals surface area contributed by atoms with Crippen LogP contribution in [0, 0.1) is 18.6 Å². The van der Waals surface area contributed by atoms with Crippen molar-refractivity contribution in [2.75, 3.05) is 0 Å². The molecule has 0 bridgehead atoms. The van der Waals surface area contributed by atoms with Gasteiger partial charge in [-0.2, -0.15) is 0 Å². The van der Waals surface area contributed by atoms with Crippen molar-refractivity contribution in [3.63, 3.8) is 0 Å². The maximum Gasteiger partial charge on any atom is 0.167 e. The van der Waals surface area contributed by atoms with E-state index >= 15 is 0 Å². The van der Waals surface area contributed by atoms with Crippen LogP contribution in [-0.4, -0.2) is 0 Å². The van der Waals surface area contributed by atoms with Crippen molar-refractivity contribution in [1.82, 2.24) is 0 Å². The van der Waals surface area contributed by atoms with Gasteiger partial charge in [-0.25, -0.2) is 8.78 Å². The van der Waals surface area contributed by atoms with E-state index in [9.17, 15) is 8.78 Å². The minimum atomic E-state index is -0.407. The van der Waals surface area contributed by atoms with Crippen LogP contribution in [0.25, 0.3) is 0 Å². The first-order valence-corrected chi connectivity index (χ1v) is 6.19. The van der Waals surface area contributed by atoms with E-state index in [1.54, 1.807) is 31.2 Å². The van der Waals surface area contributed by atoms with Crippen LogP contribution in [0.1, 0.15) is 11.1 Å². The Morgan fingerprint density at radius 1 is 1.17 bits per heavy atom. The van der Waals surface area contributed by atoms with Gasteiger partial charge >= 0.3 is 0 Å². The third-order valence-electron chi connectivity index (χ3n) is 2.55. The summed E-state index contributed by atoms with van der Waals surface area (Å²) in [5.41, 5.74) is 0.892. The third-order valence-corrected chi connectivity index (χ3v) is 3.05. The SMILES string of the molecule is Cc1cccc(OCc2ccc(Br)cc2F)c1F. The van der Waals surface area contributed by atoms with Crippen molar-refractivity contribution in [3.8, 4) is 5.75 Å². The highest BCUT2D eigenvalue weighted by atomic mass is 79.9. The molecule has 0 spiro atoms. The number of hydrogen-bond donors (Lipinski definition) is 0. The van der Waals surface area contributed by atoms with Crippen LogP contribution in [0.2, 0.25) is 0 Å². The van der Waals surface area contributed by atoms with Gasteiger partial charge in [0, 0.05) is 10.0 Å². The molecule has 0 atom stereocenters. The summed E-state index contributed by atoms with van der Waals surface area (Å²) >= 11 is 3.17. The number of hydrogen-bond acceptors (Lipinski definition) is 1. The second kappa shape index (κ2) is 5.48. The minimum Gasteiger partial charge on any atom is -0.486 e. The van der Waals surface area contributed by atoms with E-state index in [0.29, 0.717) is 15.6 Å². The highest BCUT2D eigenvalue weighted by Gasteiger charge is 2.08. The van der Waals surface area contributed by atoms with E-state index in [4.69, 9.17) is 4.74 Å². The van der Waals surface area contributed by atoms with Gasteiger partial charge in [0.05, 0.1) is 0 Å². The molecular formula is C14H11BrF2O. The summed E-state index contributed by atoms with van der Waals surface area (Å²) in [4.78, 5) is 0. The van der Waals surface area contributed by atoms with E-state index in [1.165, 1.54) is 12.1 Å². The molecule has 0 aliphatic rings. The molecule has 0 aromatic heterocycles. The number of rotatable bonds is 3. The van der Waals surface area contributed by atoms with Crippen molar-refractivity contribution in [3.05, 3.63) is 63.6 Å². The Labute approximate surface area is 113 Å². The number of ether oxygens (including phenoxy) is 1. The van der Waals surface area contributed by atoms with Crippen LogP contribution >= 0.6 is 15.9 Å². The fraction of sp³-hybridized carbons (Fsp3) is 0.143. The van der Waals surface area contributed by atoms with Crippen LogP contribution in [0.4, 0.5) is 8.78 Å². The van der Waals surface area contributed by atoms with Crippen LogP contribution in [0.15, 0.2) is 40.9 Å². The fourth-order valence-electron chi connectivity index (χ4n) is 1.53. The normalized spacial score (nSPS) is 10.4. The third kappa shape index (κ3) is 2.88. The van der Waals surface area contributed by atoms with Crippen molar-refractivity contribution < 1.29 is 13.5 Å². The topological polar surface area (TPSA) is 9.23 Å². The summed E-state index contributed by atoms with van der Waals surface area (Å²) in [6.07, 6.45) is 0. The molecule has 0 radical (unpaired) electrons. The first kappa shape index (κ1) is 13.0. The molecule has 0 amide bonds. The standard InChI is InChI=1S/C14H11BrF2O/c1-9-3-2-4-13(14(9)17)18-8-10-5-6-11(15)7-12(10)16/h2-7H,8H2,1H3. The lowest BCUT2D eigenvalue weighted by Gasteiger charge is -2.09. The Morgan fingerprint density at radius 2 is 1.94 bits per heavy atom. The van der Waals surface area contributed by atoms with E-state index < -0.39 is 5.82 Å². The summed E-state index contributed by atoms with van der Waals surface area (Å²) < 4.78 is 33.1. The van der Waals surface area contributed by atoms with E-state index in [-0.39, 0.29) is 18.2 Å². The molecule has 18 heavy (non-hydrogen) atoms. The van der Waals surface area contributed by atoms with Crippen LogP contribution in [0.3, 0.4) is 0 Å². The Hall–Kier alpha value is -1.42. The molecule has 94 valence electrons. The molecule has 0 unspecified atom stereocenters. The minimum absolute atomic E-state index is 0.000509. The van der Waals surface area contributed by atoms with Crippen LogP contribution in [0.5, 0.6) is 5.75 Å². The number of halogens is 3. The highest BCUT2D eigenvalue weighted by molar-refractivity contribution is 9.10.